The highest BCUT2D eigenvalue weighted by atomic mass is 28.4. The van der Waals surface area contributed by atoms with Crippen LogP contribution < -0.4 is 0 Å². The van der Waals surface area contributed by atoms with E-state index in [1.54, 1.807) is 45.9 Å². The minimum Gasteiger partial charge on any atom is -0.462 e. The van der Waals surface area contributed by atoms with Crippen LogP contribution in [-0.4, -0.2) is 127 Å². The number of nitrogens with zero attached hydrogens (tertiary/aromatic N) is 1. The van der Waals surface area contributed by atoms with Gasteiger partial charge in [-0.1, -0.05) is 0 Å². The first-order valence-electron chi connectivity index (χ1n) is 12.4. The Morgan fingerprint density at radius 3 is 1.51 bits per heavy atom. The quantitative estimate of drug-likeness (QED) is 0.0948. The maximum atomic E-state index is 12.2. The van der Waals surface area contributed by atoms with Crippen molar-refractivity contribution in [3.05, 3.63) is 30.1 Å². The van der Waals surface area contributed by atoms with E-state index in [2.05, 4.69) is 4.98 Å². The Bertz CT molecular complexity index is 616. The fraction of sp³-hybridized carbons (Fsp3) is 0.750. The number of esters is 1. The van der Waals surface area contributed by atoms with Gasteiger partial charge < -0.3 is 46.4 Å². The Balaban J connectivity index is 2.68. The van der Waals surface area contributed by atoms with Crippen molar-refractivity contribution < 1.29 is 51.2 Å². The summed E-state index contributed by atoms with van der Waals surface area (Å²) in [6.45, 7) is 4.97. The summed E-state index contributed by atoms with van der Waals surface area (Å²) < 4.78 is 55.5. The number of carbonyl (C=O) groups excluding carboxylic acids is 1. The molecule has 0 aliphatic carbocycles. The molecule has 0 saturated carbocycles. The molecule has 0 fully saturated rings. The Morgan fingerprint density at radius 2 is 1.08 bits per heavy atom. The van der Waals surface area contributed by atoms with Gasteiger partial charge in [0.15, 0.2) is 0 Å². The molecule has 0 radical (unpaired) electrons. The average molecular weight is 550 g/mol. The fourth-order valence-corrected chi connectivity index (χ4v) is 5.31. The fourth-order valence-electron chi connectivity index (χ4n) is 2.87. The smallest absolute Gasteiger partial charge is 0.462 e. The molecule has 1 heterocycles. The average Bonchev–Trinajstić information content (AvgIpc) is 2.92. The van der Waals surface area contributed by atoms with Crippen LogP contribution in [0.15, 0.2) is 24.5 Å². The number of methoxy groups -OCH3 is 3. The molecule has 13 heteroatoms. The number of pyridine rings is 1. The van der Waals surface area contributed by atoms with E-state index in [4.69, 9.17) is 46.4 Å². The van der Waals surface area contributed by atoms with E-state index in [9.17, 15) is 4.79 Å². The van der Waals surface area contributed by atoms with Gasteiger partial charge in [-0.2, -0.15) is 0 Å². The molecule has 0 aromatic carbocycles. The van der Waals surface area contributed by atoms with Crippen LogP contribution in [0.5, 0.6) is 0 Å². The number of hydrogen-bond donors (Lipinski definition) is 0. The summed E-state index contributed by atoms with van der Waals surface area (Å²) in [5.41, 5.74) is 0.442. The Labute approximate surface area is 221 Å². The summed E-state index contributed by atoms with van der Waals surface area (Å²) >= 11 is 0. The van der Waals surface area contributed by atoms with Crippen molar-refractivity contribution in [1.82, 2.24) is 4.98 Å². The lowest BCUT2D eigenvalue weighted by molar-refractivity contribution is -0.0119. The topological polar surface area (TPSA) is 122 Å². The first kappa shape index (κ1) is 33.5. The monoisotopic (exact) mass is 549 g/mol. The van der Waals surface area contributed by atoms with E-state index < -0.39 is 14.8 Å². The number of ether oxygens (including phenoxy) is 7. The van der Waals surface area contributed by atoms with Crippen molar-refractivity contribution >= 4 is 14.8 Å². The lowest BCUT2D eigenvalue weighted by Gasteiger charge is -2.30. The van der Waals surface area contributed by atoms with Crippen molar-refractivity contribution in [2.45, 2.75) is 12.5 Å². The molecule has 1 rings (SSSR count). The summed E-state index contributed by atoms with van der Waals surface area (Å²) in [6, 6.07) is 3.64. The van der Waals surface area contributed by atoms with E-state index >= 15 is 0 Å². The zero-order valence-electron chi connectivity index (χ0n) is 22.4. The highest BCUT2D eigenvalue weighted by Gasteiger charge is 2.41. The van der Waals surface area contributed by atoms with E-state index in [0.29, 0.717) is 77.5 Å². The second-order valence-corrected chi connectivity index (χ2v) is 10.3. The Kier molecular flexibility index (Phi) is 21.4. The number of hydrogen-bond acceptors (Lipinski definition) is 12. The summed E-state index contributed by atoms with van der Waals surface area (Å²) in [7, 11) is 1.66. The summed E-state index contributed by atoms with van der Waals surface area (Å²) in [5.74, 6) is -0.415. The predicted molar refractivity (Wildman–Crippen MR) is 136 cm³/mol. The van der Waals surface area contributed by atoms with Gasteiger partial charge in [0.25, 0.3) is 0 Å². The normalized spacial score (nSPS) is 11.6. The van der Waals surface area contributed by atoms with Gasteiger partial charge in [0.05, 0.1) is 91.5 Å². The number of aromatic nitrogens is 1. The lowest BCUT2D eigenvalue weighted by Crippen LogP contribution is -2.48. The maximum absolute atomic E-state index is 12.2. The summed E-state index contributed by atoms with van der Waals surface area (Å²) in [4.78, 5) is 16.2. The van der Waals surface area contributed by atoms with Gasteiger partial charge in [0, 0.05) is 39.8 Å². The molecule has 0 atom stereocenters. The number of carbonyl (C=O) groups is 1. The molecule has 0 saturated heterocycles. The molecular formula is C24H43NO11Si. The predicted octanol–water partition coefficient (Wildman–Crippen LogP) is 1.61. The van der Waals surface area contributed by atoms with Crippen molar-refractivity contribution in [1.29, 1.82) is 0 Å². The zero-order valence-corrected chi connectivity index (χ0v) is 23.4. The second-order valence-electron chi connectivity index (χ2n) is 7.52. The minimum atomic E-state index is -3.19. The zero-order chi connectivity index (χ0) is 26.9. The molecule has 0 aliphatic rings. The molecule has 12 nitrogen and oxygen atoms in total. The van der Waals surface area contributed by atoms with E-state index in [-0.39, 0.29) is 26.4 Å². The van der Waals surface area contributed by atoms with Crippen LogP contribution in [0.25, 0.3) is 0 Å². The van der Waals surface area contributed by atoms with Crippen molar-refractivity contribution in [2.24, 2.45) is 0 Å². The molecule has 0 bridgehead atoms. The molecular weight excluding hydrogens is 506 g/mol. The largest absolute Gasteiger partial charge is 0.501 e. The first-order valence-corrected chi connectivity index (χ1v) is 14.3. The lowest BCUT2D eigenvalue weighted by atomic mass is 10.3. The van der Waals surface area contributed by atoms with E-state index in [0.717, 1.165) is 0 Å². The molecule has 1 aromatic rings. The van der Waals surface area contributed by atoms with E-state index in [1.165, 1.54) is 0 Å². The van der Waals surface area contributed by atoms with Crippen LogP contribution in [-0.2, 0) is 46.4 Å². The molecule has 1 aromatic heterocycles. The SMILES string of the molecule is COCCOCCO[Si](CCCOC(=O)c1ccncc1)(OCCOCCOC)OCCOCCOC. The van der Waals surface area contributed by atoms with Crippen LogP contribution in [0.4, 0.5) is 0 Å². The first-order chi connectivity index (χ1) is 18.2. The summed E-state index contributed by atoms with van der Waals surface area (Å²) in [5, 5.41) is 0. The van der Waals surface area contributed by atoms with Gasteiger partial charge in [-0.3, -0.25) is 4.98 Å². The third-order valence-corrected chi connectivity index (χ3v) is 7.62. The maximum Gasteiger partial charge on any atom is 0.501 e. The molecule has 0 spiro atoms. The van der Waals surface area contributed by atoms with Gasteiger partial charge in [0.2, 0.25) is 0 Å². The van der Waals surface area contributed by atoms with Gasteiger partial charge in [-0.15, -0.1) is 0 Å². The second kappa shape index (κ2) is 23.6. The van der Waals surface area contributed by atoms with Gasteiger partial charge in [-0.25, -0.2) is 4.79 Å². The summed E-state index contributed by atoms with van der Waals surface area (Å²) in [6.07, 6.45) is 3.58. The van der Waals surface area contributed by atoms with Crippen LogP contribution >= 0.6 is 0 Å². The third-order valence-electron chi connectivity index (χ3n) is 4.72. The van der Waals surface area contributed by atoms with Crippen LogP contribution in [0.3, 0.4) is 0 Å². The minimum absolute atomic E-state index is 0.186. The molecule has 0 amide bonds. The highest BCUT2D eigenvalue weighted by molar-refractivity contribution is 6.60. The standard InChI is InChI=1S/C24H43NO11Si/c1-27-10-13-30-16-19-34-37(35-20-17-31-14-11-28-2,36-21-18-32-15-12-29-3)22-4-9-33-24(26)23-5-7-25-8-6-23/h5-8H,4,9-22H2,1-3H3. The molecule has 0 unspecified atom stereocenters. The molecule has 214 valence electrons. The Morgan fingerprint density at radius 1 is 0.649 bits per heavy atom. The highest BCUT2D eigenvalue weighted by Crippen LogP contribution is 2.19. The van der Waals surface area contributed by atoms with Crippen LogP contribution in [0.2, 0.25) is 6.04 Å². The van der Waals surface area contributed by atoms with E-state index in [1.807, 2.05) is 0 Å². The molecule has 0 aliphatic heterocycles. The molecule has 37 heavy (non-hydrogen) atoms. The van der Waals surface area contributed by atoms with Crippen LogP contribution in [0.1, 0.15) is 16.8 Å². The van der Waals surface area contributed by atoms with Gasteiger partial charge >= 0.3 is 14.8 Å². The van der Waals surface area contributed by atoms with Crippen molar-refractivity contribution in [2.75, 3.05) is 107 Å². The third kappa shape index (κ3) is 17.6. The van der Waals surface area contributed by atoms with Gasteiger partial charge in [0.1, 0.15) is 0 Å². The number of rotatable bonds is 26. The van der Waals surface area contributed by atoms with Crippen molar-refractivity contribution in [3.63, 3.8) is 0 Å². The van der Waals surface area contributed by atoms with Gasteiger partial charge in [-0.05, 0) is 18.6 Å². The van der Waals surface area contributed by atoms with Crippen LogP contribution in [0, 0.1) is 0 Å². The Hall–Kier alpha value is -1.52. The van der Waals surface area contributed by atoms with Crippen molar-refractivity contribution in [3.8, 4) is 0 Å². The molecule has 0 N–H and O–H groups in total.